The van der Waals surface area contributed by atoms with Crippen LogP contribution in [0.1, 0.15) is 25.8 Å². The van der Waals surface area contributed by atoms with E-state index >= 15 is 0 Å². The first-order chi connectivity index (χ1) is 8.61. The van der Waals surface area contributed by atoms with Crippen LogP contribution in [0.2, 0.25) is 0 Å². The Hall–Kier alpha value is -1.37. The van der Waals surface area contributed by atoms with Crippen molar-refractivity contribution in [3.63, 3.8) is 0 Å². The third-order valence-corrected chi connectivity index (χ3v) is 3.49. The van der Waals surface area contributed by atoms with Crippen LogP contribution in [-0.2, 0) is 6.54 Å². The molecule has 0 saturated carbocycles. The van der Waals surface area contributed by atoms with Crippen molar-refractivity contribution < 1.29 is 0 Å². The molecule has 0 radical (unpaired) electrons. The van der Waals surface area contributed by atoms with Gasteiger partial charge < -0.3 is 5.32 Å². The number of benzene rings is 1. The molecule has 1 atom stereocenters. The molecule has 1 aliphatic heterocycles. The summed E-state index contributed by atoms with van der Waals surface area (Å²) >= 11 is 0. The number of piperazine rings is 1. The molecule has 0 bridgehead atoms. The van der Waals surface area contributed by atoms with Crippen molar-refractivity contribution in [2.45, 2.75) is 38.4 Å². The Bertz CT molecular complexity index is 419. The first kappa shape index (κ1) is 13.1. The number of rotatable bonds is 3. The van der Waals surface area contributed by atoms with Gasteiger partial charge in [-0.25, -0.2) is 0 Å². The Labute approximate surface area is 109 Å². The zero-order valence-corrected chi connectivity index (χ0v) is 11.2. The Kier molecular flexibility index (Phi) is 4.00. The molecular weight excluding hydrogens is 222 g/mol. The van der Waals surface area contributed by atoms with Crippen molar-refractivity contribution in [3.8, 4) is 6.07 Å². The monoisotopic (exact) mass is 243 g/mol. The van der Waals surface area contributed by atoms with E-state index < -0.39 is 0 Å². The second kappa shape index (κ2) is 5.51. The van der Waals surface area contributed by atoms with Gasteiger partial charge in [-0.1, -0.05) is 30.3 Å². The SMILES string of the molecule is CC1(C)CN(Cc2ccccc2)C(CC#N)CN1. The average molecular weight is 243 g/mol. The third-order valence-electron chi connectivity index (χ3n) is 3.49. The fraction of sp³-hybridized carbons (Fsp3) is 0.533. The number of hydrogen-bond acceptors (Lipinski definition) is 3. The van der Waals surface area contributed by atoms with Crippen LogP contribution in [0, 0.1) is 11.3 Å². The lowest BCUT2D eigenvalue weighted by Gasteiger charge is -2.44. The van der Waals surface area contributed by atoms with Gasteiger partial charge in [0.05, 0.1) is 12.5 Å². The van der Waals surface area contributed by atoms with Crippen LogP contribution >= 0.6 is 0 Å². The molecule has 0 spiro atoms. The minimum absolute atomic E-state index is 0.126. The molecule has 18 heavy (non-hydrogen) atoms. The lowest BCUT2D eigenvalue weighted by molar-refractivity contribution is 0.0903. The predicted molar refractivity (Wildman–Crippen MR) is 73.0 cm³/mol. The van der Waals surface area contributed by atoms with Gasteiger partial charge in [-0.05, 0) is 19.4 Å². The highest BCUT2D eigenvalue weighted by molar-refractivity contribution is 5.15. The van der Waals surface area contributed by atoms with Crippen molar-refractivity contribution >= 4 is 0 Å². The molecule has 1 unspecified atom stereocenters. The summed E-state index contributed by atoms with van der Waals surface area (Å²) in [6.07, 6.45) is 0.593. The standard InChI is InChI=1S/C15H21N3/c1-15(2)12-18(14(8-9-16)10-17-15)11-13-6-4-3-5-7-13/h3-7,14,17H,8,10-12H2,1-2H3. The maximum absolute atomic E-state index is 8.93. The van der Waals surface area contributed by atoms with Gasteiger partial charge in [0.1, 0.15) is 0 Å². The minimum atomic E-state index is 0.126. The maximum atomic E-state index is 8.93. The van der Waals surface area contributed by atoms with E-state index in [0.29, 0.717) is 12.5 Å². The van der Waals surface area contributed by atoms with E-state index in [4.69, 9.17) is 5.26 Å². The summed E-state index contributed by atoms with van der Waals surface area (Å²) < 4.78 is 0. The molecule has 1 heterocycles. The van der Waals surface area contributed by atoms with Gasteiger partial charge in [-0.2, -0.15) is 5.26 Å². The first-order valence-corrected chi connectivity index (χ1v) is 6.51. The van der Waals surface area contributed by atoms with E-state index in [-0.39, 0.29) is 5.54 Å². The highest BCUT2D eigenvalue weighted by Gasteiger charge is 2.32. The summed E-state index contributed by atoms with van der Waals surface area (Å²) in [5.74, 6) is 0. The van der Waals surface area contributed by atoms with Gasteiger partial charge in [0.15, 0.2) is 0 Å². The average Bonchev–Trinajstić information content (AvgIpc) is 2.34. The molecule has 1 saturated heterocycles. The Morgan fingerprint density at radius 3 is 2.78 bits per heavy atom. The molecule has 1 aromatic carbocycles. The largest absolute Gasteiger partial charge is 0.309 e. The van der Waals surface area contributed by atoms with Gasteiger partial charge >= 0.3 is 0 Å². The van der Waals surface area contributed by atoms with Crippen LogP contribution < -0.4 is 5.32 Å². The van der Waals surface area contributed by atoms with E-state index in [1.165, 1.54) is 5.56 Å². The van der Waals surface area contributed by atoms with E-state index in [2.05, 4.69) is 54.4 Å². The lowest BCUT2D eigenvalue weighted by atomic mass is 9.97. The number of hydrogen-bond donors (Lipinski definition) is 1. The van der Waals surface area contributed by atoms with Crippen molar-refractivity contribution in [2.75, 3.05) is 13.1 Å². The fourth-order valence-electron chi connectivity index (χ4n) is 2.53. The molecule has 0 amide bonds. The fourth-order valence-corrected chi connectivity index (χ4v) is 2.53. The van der Waals surface area contributed by atoms with E-state index in [1.807, 2.05) is 6.07 Å². The van der Waals surface area contributed by atoms with Crippen molar-refractivity contribution in [1.82, 2.24) is 10.2 Å². The van der Waals surface area contributed by atoms with Crippen molar-refractivity contribution in [2.24, 2.45) is 0 Å². The molecular formula is C15H21N3. The van der Waals surface area contributed by atoms with E-state index in [0.717, 1.165) is 19.6 Å². The zero-order valence-electron chi connectivity index (χ0n) is 11.2. The zero-order chi connectivity index (χ0) is 13.0. The van der Waals surface area contributed by atoms with Crippen LogP contribution in [0.4, 0.5) is 0 Å². The third kappa shape index (κ3) is 3.32. The van der Waals surface area contributed by atoms with Gasteiger partial charge in [0.2, 0.25) is 0 Å². The Morgan fingerprint density at radius 1 is 1.39 bits per heavy atom. The molecule has 2 rings (SSSR count). The number of nitriles is 1. The molecule has 1 N–H and O–H groups in total. The highest BCUT2D eigenvalue weighted by Crippen LogP contribution is 2.19. The van der Waals surface area contributed by atoms with Gasteiger partial charge in [-0.3, -0.25) is 4.90 Å². The number of nitrogens with one attached hydrogen (secondary N) is 1. The number of nitrogens with zero attached hydrogens (tertiary/aromatic N) is 2. The molecule has 3 nitrogen and oxygen atoms in total. The molecule has 96 valence electrons. The lowest BCUT2D eigenvalue weighted by Crippen LogP contribution is -2.61. The molecule has 3 heteroatoms. The summed E-state index contributed by atoms with van der Waals surface area (Å²) in [5.41, 5.74) is 1.44. The second-order valence-electron chi connectivity index (χ2n) is 5.67. The summed E-state index contributed by atoms with van der Waals surface area (Å²) in [6, 6.07) is 13.1. The van der Waals surface area contributed by atoms with Gasteiger partial charge in [0.25, 0.3) is 0 Å². The predicted octanol–water partition coefficient (Wildman–Crippen LogP) is 2.15. The first-order valence-electron chi connectivity index (χ1n) is 6.51. The molecule has 0 aromatic heterocycles. The highest BCUT2D eigenvalue weighted by atomic mass is 15.2. The summed E-state index contributed by atoms with van der Waals surface area (Å²) in [4.78, 5) is 2.43. The maximum Gasteiger partial charge on any atom is 0.0638 e. The van der Waals surface area contributed by atoms with E-state index in [9.17, 15) is 0 Å². The van der Waals surface area contributed by atoms with Crippen LogP contribution in [0.15, 0.2) is 30.3 Å². The topological polar surface area (TPSA) is 39.1 Å². The van der Waals surface area contributed by atoms with Gasteiger partial charge in [0, 0.05) is 31.2 Å². The van der Waals surface area contributed by atoms with E-state index in [1.54, 1.807) is 0 Å². The smallest absolute Gasteiger partial charge is 0.0638 e. The van der Waals surface area contributed by atoms with Crippen molar-refractivity contribution in [1.29, 1.82) is 5.26 Å². The Morgan fingerprint density at radius 2 is 2.11 bits per heavy atom. The summed E-state index contributed by atoms with van der Waals surface area (Å²) in [6.45, 7) is 7.24. The minimum Gasteiger partial charge on any atom is -0.309 e. The summed E-state index contributed by atoms with van der Waals surface area (Å²) in [7, 11) is 0. The molecule has 1 fully saturated rings. The van der Waals surface area contributed by atoms with Crippen molar-refractivity contribution in [3.05, 3.63) is 35.9 Å². The van der Waals surface area contributed by atoms with Crippen LogP contribution in [0.5, 0.6) is 0 Å². The quantitative estimate of drug-likeness (QED) is 0.884. The van der Waals surface area contributed by atoms with Crippen LogP contribution in [0.3, 0.4) is 0 Å². The molecule has 0 aliphatic carbocycles. The molecule has 1 aromatic rings. The van der Waals surface area contributed by atoms with Gasteiger partial charge in [-0.15, -0.1) is 0 Å². The summed E-state index contributed by atoms with van der Waals surface area (Å²) in [5, 5.41) is 12.4. The normalized spacial score (nSPS) is 23.5. The van der Waals surface area contributed by atoms with Crippen LogP contribution in [0.25, 0.3) is 0 Å². The van der Waals surface area contributed by atoms with Crippen LogP contribution in [-0.4, -0.2) is 29.6 Å². The molecule has 1 aliphatic rings. The second-order valence-corrected chi connectivity index (χ2v) is 5.67. The Balaban J connectivity index is 2.08.